The van der Waals surface area contributed by atoms with Gasteiger partial charge in [-0.25, -0.2) is 5.01 Å². The van der Waals surface area contributed by atoms with E-state index in [9.17, 15) is 4.91 Å². The number of methoxy groups -OCH3 is 2. The van der Waals surface area contributed by atoms with Gasteiger partial charge in [0.25, 0.3) is 0 Å². The van der Waals surface area contributed by atoms with E-state index in [4.69, 9.17) is 14.2 Å². The second-order valence-electron chi connectivity index (χ2n) is 15.9. The molecule has 7 aromatic rings. The fourth-order valence-electron chi connectivity index (χ4n) is 10.4. The quantitative estimate of drug-likeness (QED) is 0.114. The van der Waals surface area contributed by atoms with Gasteiger partial charge in [0.15, 0.2) is 5.60 Å². The number of ether oxygens (including phenoxy) is 3. The summed E-state index contributed by atoms with van der Waals surface area (Å²) in [5, 5.41) is 6.60. The molecule has 6 heteroatoms. The van der Waals surface area contributed by atoms with Crippen LogP contribution in [0.2, 0.25) is 0 Å². The van der Waals surface area contributed by atoms with Crippen molar-refractivity contribution in [2.75, 3.05) is 26.3 Å². The minimum absolute atomic E-state index is 0.106. The van der Waals surface area contributed by atoms with Crippen LogP contribution in [-0.4, -0.2) is 21.3 Å². The maximum Gasteiger partial charge on any atom is 0.178 e. The lowest BCUT2D eigenvalue weighted by Crippen LogP contribution is -2.41. The molecule has 58 heavy (non-hydrogen) atoms. The summed E-state index contributed by atoms with van der Waals surface area (Å²) in [6, 6.07) is 53.7. The number of benzene rings is 7. The van der Waals surface area contributed by atoms with Gasteiger partial charge in [0, 0.05) is 40.0 Å². The molecule has 1 unspecified atom stereocenters. The van der Waals surface area contributed by atoms with Gasteiger partial charge in [0.1, 0.15) is 17.2 Å². The first-order chi connectivity index (χ1) is 28.4. The highest BCUT2D eigenvalue weighted by molar-refractivity contribution is 6.09. The molecule has 1 aliphatic heterocycles. The monoisotopic (exact) mass is 760 g/mol. The number of hydrogen-bond donors (Lipinski definition) is 0. The van der Waals surface area contributed by atoms with Gasteiger partial charge < -0.3 is 14.2 Å². The lowest BCUT2D eigenvalue weighted by molar-refractivity contribution is 0.162. The van der Waals surface area contributed by atoms with E-state index in [0.717, 1.165) is 70.4 Å². The van der Waals surface area contributed by atoms with Crippen molar-refractivity contribution in [1.82, 2.24) is 0 Å². The Balaban J connectivity index is 1.21. The molecule has 0 aromatic heterocycles. The van der Waals surface area contributed by atoms with Gasteiger partial charge in [-0.3, -0.25) is 0 Å². The third-order valence-electron chi connectivity index (χ3n) is 13.4. The molecule has 10 rings (SSSR count). The van der Waals surface area contributed by atoms with Gasteiger partial charge in [-0.15, -0.1) is 4.91 Å². The number of nitroso groups, excluding NO2 is 1. The molecular weight excluding hydrogens is 717 g/mol. The number of rotatable bonds is 8. The SMILES string of the molecule is COc1ccc(C2(c3ccc(N(C)N=O)cc3)C=Cc3c4c(c5ccc(OC)cc5c3O2)-c2ccccc2C42CCC(c3ccccc3)(c3ccccc3)CC2)cc1. The van der Waals surface area contributed by atoms with Gasteiger partial charge in [-0.1, -0.05) is 115 Å². The lowest BCUT2D eigenvalue weighted by atomic mass is 9.56. The van der Waals surface area contributed by atoms with Crippen LogP contribution in [0.15, 0.2) is 163 Å². The second-order valence-corrected chi connectivity index (χ2v) is 15.9. The maximum atomic E-state index is 11.5. The Labute approximate surface area is 339 Å². The van der Waals surface area contributed by atoms with Gasteiger partial charge in [-0.2, -0.15) is 0 Å². The second kappa shape index (κ2) is 13.8. The highest BCUT2D eigenvalue weighted by atomic mass is 16.5. The zero-order valence-electron chi connectivity index (χ0n) is 32.9. The predicted molar refractivity (Wildman–Crippen MR) is 233 cm³/mol. The molecule has 1 heterocycles. The number of fused-ring (bicyclic) bond motifs is 10. The van der Waals surface area contributed by atoms with Crippen LogP contribution in [0.1, 0.15) is 64.6 Å². The van der Waals surface area contributed by atoms with Crippen molar-refractivity contribution in [3.63, 3.8) is 0 Å². The highest BCUT2D eigenvalue weighted by Crippen LogP contribution is 2.64. The van der Waals surface area contributed by atoms with Crippen LogP contribution in [0.5, 0.6) is 17.2 Å². The van der Waals surface area contributed by atoms with E-state index in [1.807, 2.05) is 36.4 Å². The molecule has 6 nitrogen and oxygen atoms in total. The van der Waals surface area contributed by atoms with Crippen molar-refractivity contribution in [2.24, 2.45) is 5.29 Å². The van der Waals surface area contributed by atoms with Crippen molar-refractivity contribution in [2.45, 2.75) is 42.1 Å². The molecule has 0 radical (unpaired) electrons. The first-order valence-corrected chi connectivity index (χ1v) is 20.0. The summed E-state index contributed by atoms with van der Waals surface area (Å²) in [5.41, 5.74) is 10.4. The normalized spacial score (nSPS) is 18.1. The average molecular weight is 761 g/mol. The minimum atomic E-state index is -1.00. The van der Waals surface area contributed by atoms with Crippen molar-refractivity contribution in [3.05, 3.63) is 202 Å². The lowest BCUT2D eigenvalue weighted by Gasteiger charge is -2.48. The Morgan fingerprint density at radius 1 is 0.603 bits per heavy atom. The third kappa shape index (κ3) is 5.24. The molecule has 0 amide bonds. The van der Waals surface area contributed by atoms with Crippen LogP contribution in [0.25, 0.3) is 28.0 Å². The van der Waals surface area contributed by atoms with Crippen molar-refractivity contribution < 1.29 is 14.2 Å². The Bertz CT molecular complexity index is 2660. The predicted octanol–water partition coefficient (Wildman–Crippen LogP) is 12.2. The fraction of sp³-hybridized carbons (Fsp3) is 0.192. The van der Waals surface area contributed by atoms with E-state index in [0.29, 0.717) is 5.69 Å². The summed E-state index contributed by atoms with van der Waals surface area (Å²) < 4.78 is 19.1. The molecule has 1 spiro atoms. The third-order valence-corrected chi connectivity index (χ3v) is 13.4. The van der Waals surface area contributed by atoms with E-state index >= 15 is 0 Å². The van der Waals surface area contributed by atoms with Crippen LogP contribution in [0, 0.1) is 4.91 Å². The Morgan fingerprint density at radius 3 is 1.79 bits per heavy atom. The summed E-state index contributed by atoms with van der Waals surface area (Å²) in [7, 11) is 5.04. The van der Waals surface area contributed by atoms with Crippen molar-refractivity contribution >= 4 is 22.5 Å². The van der Waals surface area contributed by atoms with Crippen molar-refractivity contribution in [3.8, 4) is 28.4 Å². The van der Waals surface area contributed by atoms with E-state index in [2.05, 4.69) is 133 Å². The summed E-state index contributed by atoms with van der Waals surface area (Å²) in [6.45, 7) is 0. The number of hydrogen-bond acceptors (Lipinski definition) is 5. The first-order valence-electron chi connectivity index (χ1n) is 20.0. The largest absolute Gasteiger partial charge is 0.497 e. The van der Waals surface area contributed by atoms with E-state index in [1.165, 1.54) is 38.4 Å². The van der Waals surface area contributed by atoms with E-state index in [1.54, 1.807) is 21.3 Å². The molecule has 2 aliphatic carbocycles. The standard InChI is InChI=1S/C52H44N2O4/c1-54(53-55)39-22-18-37(19-23-39)52(38-20-24-40(56-2)25-21-38)29-28-44-48-47(42-27-26-41(57-3)34-45(42)49(44)58-52)43-16-10-11-17-46(43)51(48)32-30-50(31-33-51,35-12-6-4-7-13-35)36-14-8-5-9-15-36/h4-29,34H,30-33H2,1-3H3. The fourth-order valence-corrected chi connectivity index (χ4v) is 10.4. The van der Waals surface area contributed by atoms with E-state index < -0.39 is 5.60 Å². The Morgan fingerprint density at radius 2 is 1.17 bits per heavy atom. The highest BCUT2D eigenvalue weighted by Gasteiger charge is 2.53. The summed E-state index contributed by atoms with van der Waals surface area (Å²) in [5.74, 6) is 2.36. The van der Waals surface area contributed by atoms with Crippen molar-refractivity contribution in [1.29, 1.82) is 0 Å². The zero-order chi connectivity index (χ0) is 39.5. The molecule has 0 saturated heterocycles. The van der Waals surface area contributed by atoms with Gasteiger partial charge in [0.05, 0.1) is 25.2 Å². The molecule has 0 bridgehead atoms. The molecule has 3 aliphatic rings. The van der Waals surface area contributed by atoms with Crippen LogP contribution in [0.3, 0.4) is 0 Å². The number of anilines is 1. The summed E-state index contributed by atoms with van der Waals surface area (Å²) in [4.78, 5) is 11.5. The molecule has 1 saturated carbocycles. The van der Waals surface area contributed by atoms with Gasteiger partial charge in [0.2, 0.25) is 0 Å². The average Bonchev–Trinajstić information content (AvgIpc) is 3.59. The topological polar surface area (TPSA) is 60.4 Å². The molecule has 286 valence electrons. The van der Waals surface area contributed by atoms with E-state index in [-0.39, 0.29) is 10.8 Å². The molecule has 0 N–H and O–H groups in total. The number of nitrogens with zero attached hydrogens (tertiary/aromatic N) is 2. The molecule has 7 aromatic carbocycles. The molecule has 1 atom stereocenters. The molecule has 1 fully saturated rings. The minimum Gasteiger partial charge on any atom is -0.497 e. The maximum absolute atomic E-state index is 11.5. The van der Waals surface area contributed by atoms with Crippen LogP contribution in [0.4, 0.5) is 5.69 Å². The summed E-state index contributed by atoms with van der Waals surface area (Å²) in [6.07, 6.45) is 8.50. The van der Waals surface area contributed by atoms with Crippen LogP contribution >= 0.6 is 0 Å². The van der Waals surface area contributed by atoms with Gasteiger partial charge in [-0.05, 0) is 113 Å². The first kappa shape index (κ1) is 35.7. The molecular formula is C52H44N2O4. The Hall–Kier alpha value is -6.66. The van der Waals surface area contributed by atoms with Gasteiger partial charge >= 0.3 is 0 Å². The summed E-state index contributed by atoms with van der Waals surface area (Å²) >= 11 is 0. The Kier molecular flexibility index (Phi) is 8.48. The smallest absolute Gasteiger partial charge is 0.178 e. The zero-order valence-corrected chi connectivity index (χ0v) is 32.9. The van der Waals surface area contributed by atoms with Crippen LogP contribution in [-0.2, 0) is 16.4 Å². The van der Waals surface area contributed by atoms with Crippen LogP contribution < -0.4 is 19.2 Å².